The SMILES string of the molecule is C/C=C(/C)C(=O)O[C@H]1CC[C@@]2(C)C3CCC4C2(C[C@@]2(O)C5CN6C[C@@H](C)CCC6[C@@](C)(O)[C@@]5(O)[C@@H](O)C[C@@]42O)O[C@@]31O. The van der Waals surface area contributed by atoms with Gasteiger partial charge in [0.25, 0.3) is 0 Å². The van der Waals surface area contributed by atoms with Crippen LogP contribution in [0.2, 0.25) is 0 Å². The predicted octanol–water partition coefficient (Wildman–Crippen LogP) is 0.991. The van der Waals surface area contributed by atoms with Crippen LogP contribution in [-0.2, 0) is 14.3 Å². The average Bonchev–Trinajstić information content (AvgIpc) is 3.09. The lowest BCUT2D eigenvalue weighted by molar-refractivity contribution is -0.354. The number of carbonyl (C=O) groups is 1. The summed E-state index contributed by atoms with van der Waals surface area (Å²) in [7, 11) is 0. The number of rotatable bonds is 2. The fraction of sp³-hybridized carbons (Fsp3) is 0.906. The second-order valence-corrected chi connectivity index (χ2v) is 15.7. The third kappa shape index (κ3) is 3.07. The highest BCUT2D eigenvalue weighted by molar-refractivity contribution is 5.87. The molecule has 3 aliphatic heterocycles. The predicted molar refractivity (Wildman–Crippen MR) is 150 cm³/mol. The lowest BCUT2D eigenvalue weighted by Crippen LogP contribution is -2.85. The molecule has 0 amide bonds. The van der Waals surface area contributed by atoms with Gasteiger partial charge < -0.3 is 40.1 Å². The molecular formula is C32H49NO9. The Morgan fingerprint density at radius 2 is 1.64 bits per heavy atom. The van der Waals surface area contributed by atoms with E-state index in [0.29, 0.717) is 50.1 Å². The van der Waals surface area contributed by atoms with Crippen LogP contribution in [0.3, 0.4) is 0 Å². The summed E-state index contributed by atoms with van der Waals surface area (Å²) in [4.78, 5) is 14.9. The Labute approximate surface area is 247 Å². The molecule has 10 nitrogen and oxygen atoms in total. The van der Waals surface area contributed by atoms with Crippen molar-refractivity contribution in [3.8, 4) is 0 Å². The van der Waals surface area contributed by atoms with Crippen molar-refractivity contribution in [1.82, 2.24) is 4.90 Å². The zero-order chi connectivity index (χ0) is 30.5. The Bertz CT molecular complexity index is 1220. The minimum Gasteiger partial charge on any atom is -0.453 e. The fourth-order valence-corrected chi connectivity index (χ4v) is 11.8. The van der Waals surface area contributed by atoms with E-state index >= 15 is 0 Å². The summed E-state index contributed by atoms with van der Waals surface area (Å²) in [5, 5.41) is 73.9. The molecule has 4 saturated carbocycles. The second-order valence-electron chi connectivity index (χ2n) is 15.7. The largest absolute Gasteiger partial charge is 0.453 e. The molecule has 7 aliphatic rings. The molecule has 14 atom stereocenters. The molecule has 0 radical (unpaired) electrons. The number of fused-ring (bicyclic) bond motifs is 5. The molecule has 7 rings (SSSR count). The summed E-state index contributed by atoms with van der Waals surface area (Å²) in [5.41, 5.74) is -8.96. The van der Waals surface area contributed by atoms with Crippen molar-refractivity contribution in [3.05, 3.63) is 11.6 Å². The first kappa shape index (κ1) is 29.6. The van der Waals surface area contributed by atoms with Crippen molar-refractivity contribution in [3.63, 3.8) is 0 Å². The molecule has 6 N–H and O–H groups in total. The van der Waals surface area contributed by atoms with E-state index in [1.54, 1.807) is 26.8 Å². The Morgan fingerprint density at radius 3 is 2.33 bits per heavy atom. The van der Waals surface area contributed by atoms with E-state index in [2.05, 4.69) is 11.8 Å². The minimum atomic E-state index is -2.06. The van der Waals surface area contributed by atoms with Gasteiger partial charge in [-0.15, -0.1) is 0 Å². The van der Waals surface area contributed by atoms with Crippen LogP contribution in [0.1, 0.15) is 86.0 Å². The molecule has 10 heteroatoms. The molecule has 0 aromatic rings. The number of ether oxygens (including phenoxy) is 2. The van der Waals surface area contributed by atoms with Crippen LogP contribution in [-0.4, -0.2) is 107 Å². The first-order valence-corrected chi connectivity index (χ1v) is 16.0. The average molecular weight is 592 g/mol. The second kappa shape index (κ2) is 8.57. The van der Waals surface area contributed by atoms with Crippen LogP contribution >= 0.6 is 0 Å². The number of aliphatic hydroxyl groups excluding tert-OH is 1. The highest BCUT2D eigenvalue weighted by atomic mass is 16.7. The Morgan fingerprint density at radius 1 is 0.952 bits per heavy atom. The summed E-state index contributed by atoms with van der Waals surface area (Å²) < 4.78 is 12.6. The van der Waals surface area contributed by atoms with Gasteiger partial charge in [-0.2, -0.15) is 0 Å². The summed E-state index contributed by atoms with van der Waals surface area (Å²) in [6, 6.07) is -0.387. The molecule has 5 unspecified atom stereocenters. The highest BCUT2D eigenvalue weighted by Crippen LogP contribution is 2.78. The molecule has 236 valence electrons. The van der Waals surface area contributed by atoms with Crippen LogP contribution < -0.4 is 0 Å². The first-order valence-electron chi connectivity index (χ1n) is 16.0. The maximum atomic E-state index is 12.9. The topological polar surface area (TPSA) is 160 Å². The Kier molecular flexibility index (Phi) is 6.04. The zero-order valence-electron chi connectivity index (χ0n) is 25.5. The number of esters is 1. The summed E-state index contributed by atoms with van der Waals surface area (Å²) in [6.07, 6.45) is 2.30. The van der Waals surface area contributed by atoms with Crippen molar-refractivity contribution < 1.29 is 44.9 Å². The van der Waals surface area contributed by atoms with Gasteiger partial charge in [-0.25, -0.2) is 4.79 Å². The molecule has 4 bridgehead atoms. The monoisotopic (exact) mass is 591 g/mol. The number of aliphatic hydroxyl groups is 6. The number of hydrogen-bond acceptors (Lipinski definition) is 10. The van der Waals surface area contributed by atoms with Crippen LogP contribution in [0, 0.1) is 29.1 Å². The van der Waals surface area contributed by atoms with Gasteiger partial charge in [-0.1, -0.05) is 19.9 Å². The number of hydrogen-bond donors (Lipinski definition) is 6. The maximum absolute atomic E-state index is 12.9. The van der Waals surface area contributed by atoms with Crippen molar-refractivity contribution in [2.75, 3.05) is 13.1 Å². The third-order valence-electron chi connectivity index (χ3n) is 14.1. The van der Waals surface area contributed by atoms with Gasteiger partial charge in [0.2, 0.25) is 5.79 Å². The van der Waals surface area contributed by atoms with Gasteiger partial charge in [0, 0.05) is 60.7 Å². The molecule has 3 heterocycles. The molecular weight excluding hydrogens is 542 g/mol. The van der Waals surface area contributed by atoms with E-state index in [-0.39, 0.29) is 25.4 Å². The molecule has 42 heavy (non-hydrogen) atoms. The van der Waals surface area contributed by atoms with Gasteiger partial charge in [0.05, 0.1) is 11.7 Å². The molecule has 4 aliphatic carbocycles. The lowest BCUT2D eigenvalue weighted by Gasteiger charge is -2.68. The van der Waals surface area contributed by atoms with Crippen LogP contribution in [0.25, 0.3) is 0 Å². The number of nitrogens with zero attached hydrogens (tertiary/aromatic N) is 1. The van der Waals surface area contributed by atoms with E-state index in [9.17, 15) is 35.4 Å². The van der Waals surface area contributed by atoms with Crippen molar-refractivity contribution >= 4 is 5.97 Å². The van der Waals surface area contributed by atoms with E-state index in [0.717, 1.165) is 6.42 Å². The van der Waals surface area contributed by atoms with E-state index in [1.807, 2.05) is 6.92 Å². The highest BCUT2D eigenvalue weighted by Gasteiger charge is 2.88. The molecule has 1 spiro atoms. The number of allylic oxidation sites excluding steroid dienone is 1. The maximum Gasteiger partial charge on any atom is 0.333 e. The third-order valence-corrected chi connectivity index (χ3v) is 14.1. The number of carbonyl (C=O) groups excluding carboxylic acids is 1. The van der Waals surface area contributed by atoms with Gasteiger partial charge in [-0.05, 0) is 65.2 Å². The standard InChI is InChI=1S/C32H49NO9/c1-6-18(3)25(35)41-24-11-12-26(4)19-8-9-20-28(37)13-23(34)31(39)21(29(28,38)16-30(20,26)42-32(19,24)40)15-33-14-17(2)7-10-22(33)27(31,5)36/h6,17,19-24,34,36-40H,7-16H2,1-5H3/b18-6-/t17-,19?,20?,21?,22?,23-,24-,26-,27+,28+,29+,30?,31-,32-/m0/s1. The summed E-state index contributed by atoms with van der Waals surface area (Å²) in [5.74, 6) is -4.05. The van der Waals surface area contributed by atoms with Gasteiger partial charge >= 0.3 is 5.97 Å². The summed E-state index contributed by atoms with van der Waals surface area (Å²) >= 11 is 0. The van der Waals surface area contributed by atoms with E-state index < -0.39 is 75.1 Å². The van der Waals surface area contributed by atoms with Crippen LogP contribution in [0.5, 0.6) is 0 Å². The van der Waals surface area contributed by atoms with Crippen LogP contribution in [0.15, 0.2) is 11.6 Å². The fourth-order valence-electron chi connectivity index (χ4n) is 11.8. The van der Waals surface area contributed by atoms with E-state index in [1.165, 1.54) is 0 Å². The molecule has 3 saturated heterocycles. The Hall–Kier alpha value is -1.11. The normalized spacial score (nSPS) is 60.3. The Balaban J connectivity index is 1.32. The van der Waals surface area contributed by atoms with Gasteiger partial charge in [0.15, 0.2) is 6.10 Å². The van der Waals surface area contributed by atoms with Crippen molar-refractivity contribution in [1.29, 1.82) is 0 Å². The van der Waals surface area contributed by atoms with E-state index in [4.69, 9.17) is 9.47 Å². The van der Waals surface area contributed by atoms with Crippen LogP contribution in [0.4, 0.5) is 0 Å². The van der Waals surface area contributed by atoms with Gasteiger partial charge in [-0.3, -0.25) is 4.90 Å². The van der Waals surface area contributed by atoms with Gasteiger partial charge in [0.1, 0.15) is 22.4 Å². The van der Waals surface area contributed by atoms with Crippen molar-refractivity contribution in [2.24, 2.45) is 29.1 Å². The quantitative estimate of drug-likeness (QED) is 0.202. The summed E-state index contributed by atoms with van der Waals surface area (Å²) in [6.45, 7) is 10.1. The minimum absolute atomic E-state index is 0.0606. The molecule has 7 fully saturated rings. The van der Waals surface area contributed by atoms with Crippen molar-refractivity contribution in [2.45, 2.75) is 138 Å². The molecule has 0 aromatic carbocycles. The molecule has 0 aromatic heterocycles. The smallest absolute Gasteiger partial charge is 0.333 e. The number of piperidine rings is 2. The zero-order valence-corrected chi connectivity index (χ0v) is 25.5. The first-order chi connectivity index (χ1) is 19.5. The lowest BCUT2D eigenvalue weighted by atomic mass is 9.49.